The van der Waals surface area contributed by atoms with Crippen LogP contribution in [0.2, 0.25) is 0 Å². The molecule has 0 fully saturated rings. The third-order valence-electron chi connectivity index (χ3n) is 3.80. The Balaban J connectivity index is 0.000000807. The van der Waals surface area contributed by atoms with Crippen molar-refractivity contribution in [3.63, 3.8) is 0 Å². The summed E-state index contributed by atoms with van der Waals surface area (Å²) in [7, 11) is 0. The topological polar surface area (TPSA) is 0 Å². The van der Waals surface area contributed by atoms with Crippen molar-refractivity contribution in [1.29, 1.82) is 0 Å². The van der Waals surface area contributed by atoms with E-state index in [4.69, 9.17) is 0 Å². The zero-order valence-electron chi connectivity index (χ0n) is 11.8. The van der Waals surface area contributed by atoms with Gasteiger partial charge in [-0.05, 0) is 5.92 Å². The van der Waals surface area contributed by atoms with E-state index in [1.807, 2.05) is 6.07 Å². The molecule has 2 aromatic rings. The first kappa shape index (κ1) is 19.0. The van der Waals surface area contributed by atoms with Crippen LogP contribution in [-0.4, -0.2) is 0 Å². The molecule has 0 spiro atoms. The number of fused-ring (bicyclic) bond motifs is 3. The van der Waals surface area contributed by atoms with Gasteiger partial charge in [0.05, 0.1) is 0 Å². The Morgan fingerprint density at radius 1 is 0.864 bits per heavy atom. The summed E-state index contributed by atoms with van der Waals surface area (Å²) in [4.78, 5) is 0. The zero-order chi connectivity index (χ0) is 12.7. The van der Waals surface area contributed by atoms with Crippen LogP contribution in [0.4, 0.5) is 0 Å². The van der Waals surface area contributed by atoms with E-state index < -0.39 is 0 Å². The molecule has 4 rings (SSSR count). The number of hydrogen-bond acceptors (Lipinski definition) is 0. The molecule has 0 heterocycles. The van der Waals surface area contributed by atoms with E-state index in [1.54, 1.807) is 0 Å². The van der Waals surface area contributed by atoms with Crippen LogP contribution >= 0.6 is 24.8 Å². The third-order valence-corrected chi connectivity index (χ3v) is 3.80. The second-order valence-corrected chi connectivity index (χ2v) is 4.97. The summed E-state index contributed by atoms with van der Waals surface area (Å²) in [6, 6.07) is 18.4. The average Bonchev–Trinajstić information content (AvgIpc) is 2.86. The average molecular weight is 362 g/mol. The summed E-state index contributed by atoms with van der Waals surface area (Å²) in [6.45, 7) is 0. The van der Waals surface area contributed by atoms with Gasteiger partial charge in [0.15, 0.2) is 0 Å². The minimum absolute atomic E-state index is 0. The molecule has 110 valence electrons. The first-order chi connectivity index (χ1) is 9.42. The predicted octanol–water partition coefficient (Wildman–Crippen LogP) is 5.60. The molecule has 0 aromatic heterocycles. The summed E-state index contributed by atoms with van der Waals surface area (Å²) in [5.74, 6) is 0.432. The largest absolute Gasteiger partial charge is 0.147 e. The number of hydrogen-bond donors (Lipinski definition) is 0. The molecule has 2 aromatic carbocycles. The minimum Gasteiger partial charge on any atom is -0.147 e. The molecule has 2 aliphatic rings. The van der Waals surface area contributed by atoms with Crippen LogP contribution in [0.5, 0.6) is 0 Å². The van der Waals surface area contributed by atoms with E-state index in [0.717, 1.165) is 0 Å². The smallest absolute Gasteiger partial charge is 0 e. The Bertz CT molecular complexity index is 730. The van der Waals surface area contributed by atoms with Crippen LogP contribution in [0.15, 0.2) is 72.3 Å². The maximum Gasteiger partial charge on any atom is 0 e. The van der Waals surface area contributed by atoms with Gasteiger partial charge in [0.1, 0.15) is 0 Å². The molecule has 3 heteroatoms. The molecule has 22 heavy (non-hydrogen) atoms. The third kappa shape index (κ3) is 3.31. The quantitative estimate of drug-likeness (QED) is 0.458. The summed E-state index contributed by atoms with van der Waals surface area (Å²) < 4.78 is 0. The summed E-state index contributed by atoms with van der Waals surface area (Å²) in [5.41, 5.74) is 6.37. The van der Waals surface area contributed by atoms with Gasteiger partial charge >= 0.3 is 0 Å². The Kier molecular flexibility index (Phi) is 6.90. The van der Waals surface area contributed by atoms with Crippen molar-refractivity contribution in [2.24, 2.45) is 0 Å². The van der Waals surface area contributed by atoms with Gasteiger partial charge in [-0.25, -0.2) is 0 Å². The number of allylic oxidation sites excluding steroid dienone is 5. The van der Waals surface area contributed by atoms with E-state index in [0.29, 0.717) is 5.92 Å². The van der Waals surface area contributed by atoms with Gasteiger partial charge in [-0.15, -0.1) is 65.8 Å². The van der Waals surface area contributed by atoms with Gasteiger partial charge in [0.2, 0.25) is 0 Å². The first-order valence-corrected chi connectivity index (χ1v) is 6.60. The Hall–Kier alpha value is -1.05. The van der Waals surface area contributed by atoms with Gasteiger partial charge in [-0.3, -0.25) is 0 Å². The molecule has 0 saturated carbocycles. The molecule has 0 amide bonds. The monoisotopic (exact) mass is 361 g/mol. The standard InChI is InChI=1S/C19H13.2ClH.Ti/c1-2-6-14(7-3-1)15-10-11-19-17(12-15)13-16-8-4-5-9-18(16)19;;;/h1-11,13,18H;2*1H;/q-1;;;. The summed E-state index contributed by atoms with van der Waals surface area (Å²) in [6.07, 6.45) is 10.9. The van der Waals surface area contributed by atoms with Crippen molar-refractivity contribution in [2.45, 2.75) is 5.92 Å². The van der Waals surface area contributed by atoms with Crippen molar-refractivity contribution < 1.29 is 21.7 Å². The van der Waals surface area contributed by atoms with Crippen molar-refractivity contribution in [1.82, 2.24) is 0 Å². The van der Waals surface area contributed by atoms with Crippen LogP contribution in [0.25, 0.3) is 17.2 Å². The number of halogens is 2. The molecular weight excluding hydrogens is 347 g/mol. The molecular formula is C19H15Cl2Ti-. The fraction of sp³-hybridized carbons (Fsp3) is 0.0526. The molecule has 0 saturated heterocycles. The normalized spacial score (nSPS) is 16.4. The zero-order valence-corrected chi connectivity index (χ0v) is 15.0. The summed E-state index contributed by atoms with van der Waals surface area (Å²) >= 11 is 0. The maximum absolute atomic E-state index is 3.55. The van der Waals surface area contributed by atoms with Crippen LogP contribution < -0.4 is 0 Å². The fourth-order valence-corrected chi connectivity index (χ4v) is 2.84. The molecule has 0 N–H and O–H groups in total. The van der Waals surface area contributed by atoms with E-state index in [1.165, 1.54) is 27.8 Å². The van der Waals surface area contributed by atoms with Gasteiger partial charge in [0, 0.05) is 21.7 Å². The van der Waals surface area contributed by atoms with E-state index >= 15 is 0 Å². The first-order valence-electron chi connectivity index (χ1n) is 6.60. The minimum atomic E-state index is 0. The second kappa shape index (κ2) is 7.99. The molecule has 0 bridgehead atoms. The number of benzene rings is 2. The van der Waals surface area contributed by atoms with Crippen LogP contribution in [-0.2, 0) is 21.7 Å². The van der Waals surface area contributed by atoms with Crippen molar-refractivity contribution in [3.05, 3.63) is 89.5 Å². The molecule has 1 unspecified atom stereocenters. The van der Waals surface area contributed by atoms with E-state index in [2.05, 4.69) is 72.8 Å². The molecule has 0 aliphatic heterocycles. The van der Waals surface area contributed by atoms with Crippen molar-refractivity contribution in [3.8, 4) is 11.1 Å². The molecule has 0 nitrogen and oxygen atoms in total. The fourth-order valence-electron chi connectivity index (χ4n) is 2.84. The SMILES string of the molecule is Cl.Cl.[Ti].[c-]1c(-c2ccccc2)ccc2c1C=C1C=CC=CC12. The van der Waals surface area contributed by atoms with Crippen LogP contribution in [0, 0.1) is 6.07 Å². The Morgan fingerprint density at radius 2 is 1.64 bits per heavy atom. The molecule has 2 aliphatic carbocycles. The van der Waals surface area contributed by atoms with Crippen LogP contribution in [0.1, 0.15) is 17.0 Å². The Morgan fingerprint density at radius 3 is 2.41 bits per heavy atom. The Labute approximate surface area is 158 Å². The predicted molar refractivity (Wildman–Crippen MR) is 94.2 cm³/mol. The van der Waals surface area contributed by atoms with Crippen LogP contribution in [0.3, 0.4) is 0 Å². The maximum atomic E-state index is 3.55. The molecule has 1 atom stereocenters. The summed E-state index contributed by atoms with van der Waals surface area (Å²) in [5, 5.41) is 0. The van der Waals surface area contributed by atoms with Crippen molar-refractivity contribution in [2.75, 3.05) is 0 Å². The van der Waals surface area contributed by atoms with Gasteiger partial charge in [0.25, 0.3) is 0 Å². The van der Waals surface area contributed by atoms with E-state index in [9.17, 15) is 0 Å². The van der Waals surface area contributed by atoms with Gasteiger partial charge < -0.3 is 0 Å². The van der Waals surface area contributed by atoms with E-state index in [-0.39, 0.29) is 46.5 Å². The second-order valence-electron chi connectivity index (χ2n) is 4.97. The molecule has 0 radical (unpaired) electrons. The van der Waals surface area contributed by atoms with Crippen molar-refractivity contribution >= 4 is 30.9 Å². The van der Waals surface area contributed by atoms with Gasteiger partial charge in [-0.1, -0.05) is 65.8 Å². The number of rotatable bonds is 1. The van der Waals surface area contributed by atoms with Gasteiger partial charge in [-0.2, -0.15) is 0 Å².